The van der Waals surface area contributed by atoms with Crippen molar-refractivity contribution in [1.29, 1.82) is 0 Å². The molecular weight excluding hydrogens is 424 g/mol. The van der Waals surface area contributed by atoms with Gasteiger partial charge in [0, 0.05) is 50.7 Å². The Hall–Kier alpha value is -3.39. The van der Waals surface area contributed by atoms with Crippen LogP contribution < -0.4 is 4.90 Å². The number of anilines is 1. The van der Waals surface area contributed by atoms with Crippen LogP contribution >= 0.6 is 0 Å². The molecule has 0 radical (unpaired) electrons. The molecule has 0 N–H and O–H groups in total. The van der Waals surface area contributed by atoms with Crippen LogP contribution in [0.4, 0.5) is 14.6 Å². The van der Waals surface area contributed by atoms with E-state index < -0.39 is 11.6 Å². The van der Waals surface area contributed by atoms with Crippen molar-refractivity contribution in [2.24, 2.45) is 7.05 Å². The zero-order chi connectivity index (χ0) is 23.1. The molecule has 3 heterocycles. The molecule has 0 spiro atoms. The number of hydrogen-bond donors (Lipinski definition) is 0. The van der Waals surface area contributed by atoms with Gasteiger partial charge in [-0.2, -0.15) is 0 Å². The average Bonchev–Trinajstić information content (AvgIpc) is 3.12. The summed E-state index contributed by atoms with van der Waals surface area (Å²) in [6.07, 6.45) is 2.25. The molecular formula is C25H25F2N5O. The predicted molar refractivity (Wildman–Crippen MR) is 125 cm³/mol. The zero-order valence-corrected chi connectivity index (χ0v) is 18.7. The number of fused-ring (bicyclic) bond motifs is 3. The van der Waals surface area contributed by atoms with Crippen LogP contribution in [-0.4, -0.2) is 57.9 Å². The first kappa shape index (κ1) is 21.5. The third-order valence-electron chi connectivity index (χ3n) is 6.53. The lowest BCUT2D eigenvalue weighted by atomic mass is 10.1. The maximum Gasteiger partial charge on any atom is 0.160 e. The fraction of sp³-hybridized carbons (Fsp3) is 0.320. The number of aromatic nitrogens is 3. The highest BCUT2D eigenvalue weighted by Crippen LogP contribution is 2.34. The summed E-state index contributed by atoms with van der Waals surface area (Å²) in [5.41, 5.74) is 4.15. The molecule has 5 rings (SSSR count). The number of piperazine rings is 1. The Labute approximate surface area is 190 Å². The van der Waals surface area contributed by atoms with E-state index in [0.29, 0.717) is 12.0 Å². The summed E-state index contributed by atoms with van der Waals surface area (Å²) in [5, 5.41) is 0.872. The highest BCUT2D eigenvalue weighted by molar-refractivity contribution is 6.18. The number of nitrogens with zero attached hydrogens (tertiary/aromatic N) is 5. The topological polar surface area (TPSA) is 54.3 Å². The number of hydrogen-bond acceptors (Lipinski definition) is 5. The van der Waals surface area contributed by atoms with E-state index in [4.69, 9.17) is 0 Å². The molecule has 1 fully saturated rings. The summed E-state index contributed by atoms with van der Waals surface area (Å²) in [6, 6.07) is 9.85. The Morgan fingerprint density at radius 2 is 1.82 bits per heavy atom. The Morgan fingerprint density at radius 1 is 1.03 bits per heavy atom. The Bertz CT molecular complexity index is 1360. The molecule has 6 nitrogen and oxygen atoms in total. The molecule has 0 aliphatic carbocycles. The molecule has 0 amide bonds. The van der Waals surface area contributed by atoms with E-state index >= 15 is 0 Å². The molecule has 1 saturated heterocycles. The summed E-state index contributed by atoms with van der Waals surface area (Å²) < 4.78 is 28.7. The van der Waals surface area contributed by atoms with Crippen molar-refractivity contribution in [2.75, 3.05) is 37.6 Å². The third kappa shape index (κ3) is 3.84. The lowest BCUT2D eigenvalue weighted by Gasteiger charge is -2.35. The van der Waals surface area contributed by atoms with Gasteiger partial charge in [0.05, 0.1) is 5.52 Å². The molecule has 170 valence electrons. The normalized spacial score (nSPS) is 15.0. The van der Waals surface area contributed by atoms with Crippen LogP contribution in [0.15, 0.2) is 42.7 Å². The molecule has 33 heavy (non-hydrogen) atoms. The van der Waals surface area contributed by atoms with Gasteiger partial charge in [0.15, 0.2) is 23.2 Å². The van der Waals surface area contributed by atoms with E-state index in [1.54, 1.807) is 19.3 Å². The van der Waals surface area contributed by atoms with Crippen molar-refractivity contribution >= 4 is 33.5 Å². The third-order valence-corrected chi connectivity index (χ3v) is 6.53. The van der Waals surface area contributed by atoms with Crippen LogP contribution in [0.5, 0.6) is 0 Å². The first-order valence-corrected chi connectivity index (χ1v) is 11.1. The second-order valence-electron chi connectivity index (χ2n) is 8.54. The van der Waals surface area contributed by atoms with Crippen molar-refractivity contribution in [1.82, 2.24) is 19.4 Å². The number of aryl methyl sites for hydroxylation is 1. The van der Waals surface area contributed by atoms with Gasteiger partial charge in [-0.15, -0.1) is 0 Å². The minimum absolute atomic E-state index is 0.0166. The van der Waals surface area contributed by atoms with Gasteiger partial charge in [0.25, 0.3) is 0 Å². The summed E-state index contributed by atoms with van der Waals surface area (Å²) in [5.74, 6) is -0.725. The van der Waals surface area contributed by atoms with Gasteiger partial charge in [0.1, 0.15) is 17.4 Å². The molecule has 1 aliphatic rings. The minimum Gasteiger partial charge on any atom is -0.352 e. The lowest BCUT2D eigenvalue weighted by Crippen LogP contribution is -2.47. The smallest absolute Gasteiger partial charge is 0.160 e. The highest BCUT2D eigenvalue weighted by Gasteiger charge is 2.24. The van der Waals surface area contributed by atoms with Gasteiger partial charge in [-0.05, 0) is 37.1 Å². The van der Waals surface area contributed by atoms with Gasteiger partial charge < -0.3 is 9.47 Å². The molecule has 2 aromatic carbocycles. The van der Waals surface area contributed by atoms with E-state index in [2.05, 4.69) is 24.3 Å². The molecule has 0 saturated carbocycles. The van der Waals surface area contributed by atoms with E-state index in [-0.39, 0.29) is 5.78 Å². The molecule has 8 heteroatoms. The van der Waals surface area contributed by atoms with E-state index in [0.717, 1.165) is 66.0 Å². The fourth-order valence-electron chi connectivity index (χ4n) is 4.74. The SMILES string of the molecule is CC(=O)c1cccc2c1c1ncnc(N3CCN(CCc4ccc(F)c(F)c4)CC3)c1n2C. The number of rotatable bonds is 5. The van der Waals surface area contributed by atoms with Gasteiger partial charge in [0.2, 0.25) is 0 Å². The lowest BCUT2D eigenvalue weighted by molar-refractivity contribution is 0.101. The van der Waals surface area contributed by atoms with Gasteiger partial charge in [-0.1, -0.05) is 18.2 Å². The van der Waals surface area contributed by atoms with Crippen molar-refractivity contribution in [3.8, 4) is 0 Å². The number of ketones is 1. The first-order chi connectivity index (χ1) is 15.9. The number of halogens is 2. The molecule has 2 aromatic heterocycles. The molecule has 4 aromatic rings. The van der Waals surface area contributed by atoms with Crippen LogP contribution in [0.2, 0.25) is 0 Å². The van der Waals surface area contributed by atoms with E-state index in [1.165, 1.54) is 12.1 Å². The maximum absolute atomic E-state index is 13.5. The standard InChI is InChI=1S/C25H25F2N5O/c1-16(33)18-4-3-5-21-22(18)23-24(30(21)2)25(29-15-28-23)32-12-10-31(11-13-32)9-8-17-6-7-19(26)20(27)14-17/h3-7,14-15H,8-13H2,1-2H3. The summed E-state index contributed by atoms with van der Waals surface area (Å²) in [4.78, 5) is 26.0. The van der Waals surface area contributed by atoms with Crippen LogP contribution in [0, 0.1) is 11.6 Å². The first-order valence-electron chi connectivity index (χ1n) is 11.1. The van der Waals surface area contributed by atoms with E-state index in [1.807, 2.05) is 25.2 Å². The fourth-order valence-corrected chi connectivity index (χ4v) is 4.74. The summed E-state index contributed by atoms with van der Waals surface area (Å²) in [7, 11) is 1.99. The summed E-state index contributed by atoms with van der Waals surface area (Å²) >= 11 is 0. The Morgan fingerprint density at radius 3 is 2.55 bits per heavy atom. The number of benzene rings is 2. The van der Waals surface area contributed by atoms with Crippen molar-refractivity contribution in [3.05, 3.63) is 65.5 Å². The Kier molecular flexibility index (Phi) is 5.54. The minimum atomic E-state index is -0.813. The number of Topliss-reactive ketones (excluding diaryl/α,β-unsaturated/α-hetero) is 1. The van der Waals surface area contributed by atoms with Gasteiger partial charge >= 0.3 is 0 Å². The largest absolute Gasteiger partial charge is 0.352 e. The molecule has 1 aliphatic heterocycles. The second-order valence-corrected chi connectivity index (χ2v) is 8.54. The predicted octanol–water partition coefficient (Wildman–Crippen LogP) is 3.97. The molecule has 0 unspecified atom stereocenters. The van der Waals surface area contributed by atoms with Crippen LogP contribution in [0.1, 0.15) is 22.8 Å². The second kappa shape index (κ2) is 8.51. The van der Waals surface area contributed by atoms with Crippen LogP contribution in [0.25, 0.3) is 21.9 Å². The number of carbonyl (C=O) groups excluding carboxylic acids is 1. The van der Waals surface area contributed by atoms with E-state index in [9.17, 15) is 13.6 Å². The molecule has 0 bridgehead atoms. The average molecular weight is 450 g/mol. The quantitative estimate of drug-likeness (QED) is 0.432. The Balaban J connectivity index is 1.36. The highest BCUT2D eigenvalue weighted by atomic mass is 19.2. The van der Waals surface area contributed by atoms with Crippen LogP contribution in [0.3, 0.4) is 0 Å². The van der Waals surface area contributed by atoms with Gasteiger partial charge in [-0.25, -0.2) is 18.7 Å². The number of carbonyl (C=O) groups is 1. The van der Waals surface area contributed by atoms with Crippen molar-refractivity contribution < 1.29 is 13.6 Å². The monoisotopic (exact) mass is 449 g/mol. The maximum atomic E-state index is 13.5. The zero-order valence-electron chi connectivity index (χ0n) is 18.7. The summed E-state index contributed by atoms with van der Waals surface area (Å²) in [6.45, 7) is 5.65. The van der Waals surface area contributed by atoms with Gasteiger partial charge in [-0.3, -0.25) is 9.69 Å². The van der Waals surface area contributed by atoms with Crippen molar-refractivity contribution in [2.45, 2.75) is 13.3 Å². The van der Waals surface area contributed by atoms with Crippen LogP contribution in [-0.2, 0) is 13.5 Å². The molecule has 0 atom stereocenters. The van der Waals surface area contributed by atoms with Crippen molar-refractivity contribution in [3.63, 3.8) is 0 Å².